The van der Waals surface area contributed by atoms with E-state index in [1.807, 2.05) is 26.8 Å². The fourth-order valence-corrected chi connectivity index (χ4v) is 9.98. The van der Waals surface area contributed by atoms with Gasteiger partial charge in [-0.2, -0.15) is 0 Å². The first-order chi connectivity index (χ1) is 16.2. The number of carboxylic acid groups (broad SMARTS) is 1. The van der Waals surface area contributed by atoms with Crippen LogP contribution in [0.1, 0.15) is 113 Å². The molecule has 10 atom stereocenters. The summed E-state index contributed by atoms with van der Waals surface area (Å²) in [7, 11) is 0. The van der Waals surface area contributed by atoms with Crippen LogP contribution in [0, 0.1) is 50.7 Å². The Balaban J connectivity index is 0.00000141. The number of fused-ring (bicyclic) bond motifs is 7. The molecule has 0 aromatic carbocycles. The van der Waals surface area contributed by atoms with Crippen molar-refractivity contribution < 1.29 is 19.8 Å². The first-order valence-electron chi connectivity index (χ1n) is 14.4. The molecule has 0 amide bonds. The molecule has 0 aliphatic heterocycles. The number of ketones is 1. The Morgan fingerprint density at radius 1 is 0.943 bits per heavy atom. The molecule has 4 nitrogen and oxygen atoms in total. The predicted octanol–water partition coefficient (Wildman–Crippen LogP) is 7.05. The molecule has 5 aliphatic rings. The normalized spacial score (nSPS) is 53.0. The molecule has 4 saturated carbocycles. The van der Waals surface area contributed by atoms with Crippen LogP contribution in [0.2, 0.25) is 0 Å². The quantitative estimate of drug-likeness (QED) is 0.416. The molecule has 5 rings (SSSR count). The third kappa shape index (κ3) is 3.47. The second kappa shape index (κ2) is 8.43. The van der Waals surface area contributed by atoms with Gasteiger partial charge in [0.2, 0.25) is 0 Å². The van der Waals surface area contributed by atoms with Crippen LogP contribution >= 0.6 is 0 Å². The SMILES string of the molecule is CC.C[C@@H]1C(O)CC[C@@]2(C)C1CC[C@]1(C)C2C(=O)C=C2C3C[C@@](C)(C(=O)O)CC[C@]3(C)CC[C@]21C. The van der Waals surface area contributed by atoms with E-state index in [2.05, 4.69) is 34.6 Å². The van der Waals surface area contributed by atoms with Gasteiger partial charge in [-0.05, 0) is 110 Å². The zero-order chi connectivity index (χ0) is 26.2. The van der Waals surface area contributed by atoms with Gasteiger partial charge in [-0.3, -0.25) is 9.59 Å². The summed E-state index contributed by atoms with van der Waals surface area (Å²) < 4.78 is 0. The van der Waals surface area contributed by atoms with Crippen molar-refractivity contribution in [1.29, 1.82) is 0 Å². The lowest BCUT2D eigenvalue weighted by Gasteiger charge is -2.69. The van der Waals surface area contributed by atoms with E-state index in [-0.39, 0.29) is 51.3 Å². The summed E-state index contributed by atoms with van der Waals surface area (Å²) >= 11 is 0. The number of aliphatic hydroxyl groups is 1. The number of carboxylic acids is 1. The molecule has 0 spiro atoms. The largest absolute Gasteiger partial charge is 0.481 e. The van der Waals surface area contributed by atoms with E-state index in [1.54, 1.807) is 0 Å². The highest BCUT2D eigenvalue weighted by molar-refractivity contribution is 5.95. The maximum Gasteiger partial charge on any atom is 0.309 e. The smallest absolute Gasteiger partial charge is 0.309 e. The number of hydrogen-bond acceptors (Lipinski definition) is 3. The second-order valence-corrected chi connectivity index (χ2v) is 14.1. The van der Waals surface area contributed by atoms with Crippen LogP contribution in [-0.4, -0.2) is 28.1 Å². The maximum atomic E-state index is 14.1. The van der Waals surface area contributed by atoms with Gasteiger partial charge in [-0.1, -0.05) is 54.0 Å². The zero-order valence-corrected chi connectivity index (χ0v) is 23.5. The van der Waals surface area contributed by atoms with Crippen LogP contribution in [0.25, 0.3) is 0 Å². The molecule has 0 saturated heterocycles. The third-order valence-electron chi connectivity index (χ3n) is 12.7. The van der Waals surface area contributed by atoms with E-state index in [9.17, 15) is 19.8 Å². The van der Waals surface area contributed by atoms with Gasteiger partial charge >= 0.3 is 5.97 Å². The highest BCUT2D eigenvalue weighted by Crippen LogP contribution is 2.74. The topological polar surface area (TPSA) is 74.6 Å². The summed E-state index contributed by atoms with van der Waals surface area (Å²) in [5.74, 6) is 0.389. The summed E-state index contributed by atoms with van der Waals surface area (Å²) in [6.07, 6.45) is 10.1. The van der Waals surface area contributed by atoms with Crippen molar-refractivity contribution in [3.63, 3.8) is 0 Å². The maximum absolute atomic E-state index is 14.1. The Bertz CT molecular complexity index is 923. The van der Waals surface area contributed by atoms with Crippen molar-refractivity contribution >= 4 is 11.8 Å². The zero-order valence-electron chi connectivity index (χ0n) is 23.5. The van der Waals surface area contributed by atoms with E-state index >= 15 is 0 Å². The number of allylic oxidation sites excluding steroid dienone is 2. The minimum atomic E-state index is -0.706. The molecule has 4 unspecified atom stereocenters. The summed E-state index contributed by atoms with van der Waals surface area (Å²) in [6.45, 7) is 17.6. The lowest BCUT2D eigenvalue weighted by Crippen LogP contribution is -2.65. The first-order valence-corrected chi connectivity index (χ1v) is 14.4. The molecule has 2 N–H and O–H groups in total. The number of hydrogen-bond donors (Lipinski definition) is 2. The van der Waals surface area contributed by atoms with Crippen LogP contribution in [0.3, 0.4) is 0 Å². The molecule has 4 fully saturated rings. The van der Waals surface area contributed by atoms with Crippen LogP contribution in [0.15, 0.2) is 11.6 Å². The molecule has 4 heteroatoms. The van der Waals surface area contributed by atoms with Crippen molar-refractivity contribution in [3.05, 3.63) is 11.6 Å². The Labute approximate surface area is 213 Å². The van der Waals surface area contributed by atoms with Crippen molar-refractivity contribution in [1.82, 2.24) is 0 Å². The Morgan fingerprint density at radius 3 is 2.20 bits per heavy atom. The fraction of sp³-hybridized carbons (Fsp3) is 0.871. The average molecular weight is 487 g/mol. The minimum absolute atomic E-state index is 0.00810. The second-order valence-electron chi connectivity index (χ2n) is 14.1. The van der Waals surface area contributed by atoms with E-state index in [0.29, 0.717) is 12.3 Å². The Morgan fingerprint density at radius 2 is 1.57 bits per heavy atom. The Kier molecular flexibility index (Phi) is 6.48. The van der Waals surface area contributed by atoms with Gasteiger partial charge in [0, 0.05) is 5.92 Å². The molecule has 35 heavy (non-hydrogen) atoms. The van der Waals surface area contributed by atoms with Gasteiger partial charge in [0.15, 0.2) is 5.78 Å². The highest BCUT2D eigenvalue weighted by Gasteiger charge is 2.69. The lowest BCUT2D eigenvalue weighted by atomic mass is 9.34. The molecular weight excluding hydrogens is 436 g/mol. The van der Waals surface area contributed by atoms with Gasteiger partial charge in [0.1, 0.15) is 0 Å². The van der Waals surface area contributed by atoms with E-state index in [0.717, 1.165) is 51.4 Å². The van der Waals surface area contributed by atoms with E-state index < -0.39 is 11.4 Å². The van der Waals surface area contributed by atoms with Gasteiger partial charge in [-0.25, -0.2) is 0 Å². The molecular formula is C31H50O4. The molecule has 0 heterocycles. The third-order valence-corrected chi connectivity index (χ3v) is 12.7. The monoisotopic (exact) mass is 486 g/mol. The van der Waals surface area contributed by atoms with Gasteiger partial charge in [0.05, 0.1) is 11.5 Å². The number of aliphatic hydroxyl groups excluding tert-OH is 1. The van der Waals surface area contributed by atoms with Crippen LogP contribution in [-0.2, 0) is 9.59 Å². The lowest BCUT2D eigenvalue weighted by molar-refractivity contribution is -0.185. The summed E-state index contributed by atoms with van der Waals surface area (Å²) in [6, 6.07) is 0. The molecule has 5 aliphatic carbocycles. The number of carbonyl (C=O) groups is 2. The van der Waals surface area contributed by atoms with Crippen LogP contribution < -0.4 is 0 Å². The molecule has 0 aromatic heterocycles. The van der Waals surface area contributed by atoms with Gasteiger partial charge < -0.3 is 10.2 Å². The summed E-state index contributed by atoms with van der Waals surface area (Å²) in [4.78, 5) is 26.3. The van der Waals surface area contributed by atoms with E-state index in [4.69, 9.17) is 0 Å². The average Bonchev–Trinajstić information content (AvgIpc) is 2.80. The summed E-state index contributed by atoms with van der Waals surface area (Å²) in [5.41, 5.74) is 0.408. The van der Waals surface area contributed by atoms with Gasteiger partial charge in [-0.15, -0.1) is 0 Å². The van der Waals surface area contributed by atoms with Crippen LogP contribution in [0.5, 0.6) is 0 Å². The molecule has 0 aromatic rings. The van der Waals surface area contributed by atoms with Crippen LogP contribution in [0.4, 0.5) is 0 Å². The first kappa shape index (κ1) is 26.9. The molecule has 0 radical (unpaired) electrons. The predicted molar refractivity (Wildman–Crippen MR) is 140 cm³/mol. The van der Waals surface area contributed by atoms with Crippen molar-refractivity contribution in [2.24, 2.45) is 50.7 Å². The molecule has 0 bridgehead atoms. The van der Waals surface area contributed by atoms with Gasteiger partial charge in [0.25, 0.3) is 0 Å². The van der Waals surface area contributed by atoms with Crippen molar-refractivity contribution in [2.45, 2.75) is 119 Å². The highest BCUT2D eigenvalue weighted by atomic mass is 16.4. The number of carbonyl (C=O) groups excluding carboxylic acids is 1. The Hall–Kier alpha value is -1.16. The molecule has 198 valence electrons. The fourth-order valence-electron chi connectivity index (χ4n) is 9.98. The van der Waals surface area contributed by atoms with Crippen molar-refractivity contribution in [3.8, 4) is 0 Å². The number of rotatable bonds is 1. The standard InChI is InChI=1S/C29H44O4.C2H6/c1-17-18-7-10-29(6)23(27(18,4)9-8-21(17)30)22(31)15-19-20-16-26(3,24(32)33)12-11-25(20,2)13-14-28(19,29)5;1-2/h15,17-18,20-21,23,30H,7-14,16H2,1-6H3,(H,32,33);1-2H3/t17-,18?,20?,21?,23?,25+,26-,27-,28+,29+;/m0./s1. The minimum Gasteiger partial charge on any atom is -0.481 e. The van der Waals surface area contributed by atoms with Crippen molar-refractivity contribution in [2.75, 3.05) is 0 Å². The van der Waals surface area contributed by atoms with E-state index in [1.165, 1.54) is 5.57 Å². The summed E-state index contributed by atoms with van der Waals surface area (Å²) in [5, 5.41) is 20.6. The number of aliphatic carboxylic acids is 1.